The molecule has 1 aliphatic rings. The fraction of sp³-hybridized carbons (Fsp3) is 0.350. The molecule has 0 aliphatic carbocycles. The van der Waals surface area contributed by atoms with Gasteiger partial charge >= 0.3 is 12.4 Å². The number of nitro groups is 1. The average molecular weight is 459 g/mol. The SMILES string of the molecule is N#Cc1ccc(C2C[C@@H](COc3ccc([N+](=O)[O-])cc3)N[C@@H]2C(F)(F)F)cc1C(F)(F)F. The van der Waals surface area contributed by atoms with Crippen LogP contribution in [0, 0.1) is 21.4 Å². The first kappa shape index (κ1) is 23.3. The molecule has 6 nitrogen and oxygen atoms in total. The quantitative estimate of drug-likeness (QED) is 0.389. The van der Waals surface area contributed by atoms with Gasteiger partial charge in [-0.15, -0.1) is 0 Å². The summed E-state index contributed by atoms with van der Waals surface area (Å²) >= 11 is 0. The van der Waals surface area contributed by atoms with Crippen molar-refractivity contribution in [3.05, 3.63) is 69.3 Å². The molecule has 170 valence electrons. The number of nitriles is 1. The standard InChI is InChI=1S/C20H15F6N3O3/c21-19(22,23)17-7-11(1-2-12(17)9-27)16-8-13(28-18(16)20(24,25)26)10-32-15-5-3-14(4-6-15)29(30)31/h1-7,13,16,18,28H,8,10H2/t13-,16?,18-/m0/s1. The van der Waals surface area contributed by atoms with Gasteiger partial charge in [0, 0.05) is 24.1 Å². The highest BCUT2D eigenvalue weighted by atomic mass is 19.4. The number of ether oxygens (including phenoxy) is 1. The zero-order valence-electron chi connectivity index (χ0n) is 16.1. The van der Waals surface area contributed by atoms with Crippen molar-refractivity contribution in [2.75, 3.05) is 6.61 Å². The van der Waals surface area contributed by atoms with E-state index in [2.05, 4.69) is 5.32 Å². The summed E-state index contributed by atoms with van der Waals surface area (Å²) < 4.78 is 85.9. The van der Waals surface area contributed by atoms with Gasteiger partial charge in [0.1, 0.15) is 18.4 Å². The molecule has 1 unspecified atom stereocenters. The second kappa shape index (κ2) is 8.66. The first-order valence-corrected chi connectivity index (χ1v) is 9.21. The van der Waals surface area contributed by atoms with Crippen molar-refractivity contribution in [2.45, 2.75) is 36.8 Å². The molecule has 0 radical (unpaired) electrons. The van der Waals surface area contributed by atoms with Crippen molar-refractivity contribution in [3.63, 3.8) is 0 Å². The van der Waals surface area contributed by atoms with Gasteiger partial charge in [-0.3, -0.25) is 15.4 Å². The smallest absolute Gasteiger partial charge is 0.417 e. The molecule has 0 aromatic heterocycles. The average Bonchev–Trinajstić information content (AvgIpc) is 3.16. The van der Waals surface area contributed by atoms with Crippen molar-refractivity contribution in [3.8, 4) is 11.8 Å². The summed E-state index contributed by atoms with van der Waals surface area (Å²) in [5.41, 5.74) is -2.34. The van der Waals surface area contributed by atoms with Gasteiger partial charge in [-0.25, -0.2) is 0 Å². The van der Waals surface area contributed by atoms with E-state index in [-0.39, 0.29) is 30.0 Å². The maximum Gasteiger partial charge on any atom is 0.417 e. The molecular formula is C20H15F6N3O3. The van der Waals surface area contributed by atoms with E-state index in [1.807, 2.05) is 0 Å². The Morgan fingerprint density at radius 3 is 2.31 bits per heavy atom. The Balaban J connectivity index is 1.80. The van der Waals surface area contributed by atoms with E-state index in [0.29, 0.717) is 6.07 Å². The van der Waals surface area contributed by atoms with Gasteiger partial charge in [0.05, 0.1) is 22.1 Å². The van der Waals surface area contributed by atoms with Gasteiger partial charge in [0.25, 0.3) is 5.69 Å². The van der Waals surface area contributed by atoms with Crippen LogP contribution in [0.2, 0.25) is 0 Å². The van der Waals surface area contributed by atoms with Gasteiger partial charge < -0.3 is 4.74 Å². The van der Waals surface area contributed by atoms with Crippen LogP contribution in [0.4, 0.5) is 32.0 Å². The summed E-state index contributed by atoms with van der Waals surface area (Å²) in [6, 6.07) is 5.94. The number of nitrogens with zero attached hydrogens (tertiary/aromatic N) is 2. The van der Waals surface area contributed by atoms with Crippen LogP contribution in [0.15, 0.2) is 42.5 Å². The highest BCUT2D eigenvalue weighted by molar-refractivity contribution is 5.44. The Morgan fingerprint density at radius 1 is 1.12 bits per heavy atom. The van der Waals surface area contributed by atoms with Gasteiger partial charge in [-0.1, -0.05) is 6.07 Å². The minimum atomic E-state index is -4.89. The second-order valence-corrected chi connectivity index (χ2v) is 7.20. The summed E-state index contributed by atoms with van der Waals surface area (Å²) in [7, 11) is 0. The lowest BCUT2D eigenvalue weighted by Gasteiger charge is -2.23. The van der Waals surface area contributed by atoms with E-state index < -0.39 is 46.4 Å². The Kier molecular flexibility index (Phi) is 6.32. The van der Waals surface area contributed by atoms with Crippen LogP contribution in [0.3, 0.4) is 0 Å². The maximum absolute atomic E-state index is 13.6. The lowest BCUT2D eigenvalue weighted by molar-refractivity contribution is -0.384. The molecule has 32 heavy (non-hydrogen) atoms. The summed E-state index contributed by atoms with van der Waals surface area (Å²) in [5, 5.41) is 21.9. The molecule has 12 heteroatoms. The first-order valence-electron chi connectivity index (χ1n) is 9.21. The molecule has 0 amide bonds. The fourth-order valence-electron chi connectivity index (χ4n) is 3.63. The third kappa shape index (κ3) is 5.11. The topological polar surface area (TPSA) is 88.2 Å². The van der Waals surface area contributed by atoms with Crippen LogP contribution < -0.4 is 10.1 Å². The van der Waals surface area contributed by atoms with Crippen molar-refractivity contribution in [1.82, 2.24) is 5.32 Å². The normalized spacial score (nSPS) is 21.2. The number of benzene rings is 2. The van der Waals surface area contributed by atoms with Crippen LogP contribution in [0.25, 0.3) is 0 Å². The maximum atomic E-state index is 13.6. The van der Waals surface area contributed by atoms with Crippen LogP contribution in [0.5, 0.6) is 5.75 Å². The summed E-state index contributed by atoms with van der Waals surface area (Å²) in [6.07, 6.45) is -9.79. The van der Waals surface area contributed by atoms with Crippen LogP contribution in [-0.4, -0.2) is 29.8 Å². The number of non-ortho nitro benzene ring substituents is 1. The molecule has 0 bridgehead atoms. The molecule has 0 saturated carbocycles. The van der Waals surface area contributed by atoms with E-state index in [1.54, 1.807) is 0 Å². The Bertz CT molecular complexity index is 1030. The van der Waals surface area contributed by atoms with E-state index in [9.17, 15) is 36.5 Å². The molecule has 2 aromatic carbocycles. The van der Waals surface area contributed by atoms with Crippen LogP contribution in [-0.2, 0) is 6.18 Å². The van der Waals surface area contributed by atoms with Gasteiger partial charge in [0.2, 0.25) is 0 Å². The number of halogens is 6. The van der Waals surface area contributed by atoms with Gasteiger partial charge in [-0.05, 0) is 36.2 Å². The van der Waals surface area contributed by atoms with E-state index in [1.165, 1.54) is 30.3 Å². The summed E-state index contributed by atoms with van der Waals surface area (Å²) in [4.78, 5) is 10.0. The van der Waals surface area contributed by atoms with Gasteiger partial charge in [-0.2, -0.15) is 31.6 Å². The lowest BCUT2D eigenvalue weighted by atomic mass is 9.88. The molecule has 1 fully saturated rings. The number of nitro benzene ring substituents is 1. The molecule has 1 N–H and O–H groups in total. The Morgan fingerprint density at radius 2 is 1.78 bits per heavy atom. The number of hydrogen-bond acceptors (Lipinski definition) is 5. The van der Waals surface area contributed by atoms with Gasteiger partial charge in [0.15, 0.2) is 0 Å². The first-order chi connectivity index (χ1) is 14.9. The summed E-state index contributed by atoms with van der Waals surface area (Å²) in [6.45, 7) is -0.233. The predicted octanol–water partition coefficient (Wildman–Crippen LogP) is 4.94. The third-order valence-corrected chi connectivity index (χ3v) is 5.11. The largest absolute Gasteiger partial charge is 0.492 e. The minimum Gasteiger partial charge on any atom is -0.492 e. The van der Waals surface area contributed by atoms with Crippen molar-refractivity contribution in [1.29, 1.82) is 5.26 Å². The van der Waals surface area contributed by atoms with Crippen LogP contribution in [0.1, 0.15) is 29.0 Å². The van der Waals surface area contributed by atoms with Crippen molar-refractivity contribution in [2.24, 2.45) is 0 Å². The predicted molar refractivity (Wildman–Crippen MR) is 98.9 cm³/mol. The number of hydrogen-bond donors (Lipinski definition) is 1. The zero-order chi connectivity index (χ0) is 23.7. The molecule has 1 aliphatic heterocycles. The molecule has 3 atom stereocenters. The Hall–Kier alpha value is -3.33. The molecular weight excluding hydrogens is 444 g/mol. The third-order valence-electron chi connectivity index (χ3n) is 5.11. The number of rotatable bonds is 5. The van der Waals surface area contributed by atoms with E-state index >= 15 is 0 Å². The fourth-order valence-corrected chi connectivity index (χ4v) is 3.63. The van der Waals surface area contributed by atoms with E-state index in [4.69, 9.17) is 10.00 Å². The number of alkyl halides is 6. The van der Waals surface area contributed by atoms with Crippen LogP contribution >= 0.6 is 0 Å². The molecule has 1 heterocycles. The lowest BCUT2D eigenvalue weighted by Crippen LogP contribution is -2.44. The monoisotopic (exact) mass is 459 g/mol. The number of nitrogens with one attached hydrogen (secondary N) is 1. The Labute approximate surface area is 177 Å². The molecule has 1 saturated heterocycles. The highest BCUT2D eigenvalue weighted by Crippen LogP contribution is 2.42. The zero-order valence-corrected chi connectivity index (χ0v) is 16.1. The molecule has 0 spiro atoms. The minimum absolute atomic E-state index is 0.166. The van der Waals surface area contributed by atoms with E-state index in [0.717, 1.165) is 12.1 Å². The highest BCUT2D eigenvalue weighted by Gasteiger charge is 2.51. The second-order valence-electron chi connectivity index (χ2n) is 7.20. The van der Waals surface area contributed by atoms with Crippen molar-refractivity contribution >= 4 is 5.69 Å². The summed E-state index contributed by atoms with van der Waals surface area (Å²) in [5.74, 6) is -1.13. The molecule has 3 rings (SSSR count). The molecule has 2 aromatic rings. The van der Waals surface area contributed by atoms with Crippen molar-refractivity contribution < 1.29 is 36.0 Å².